The fourth-order valence-electron chi connectivity index (χ4n) is 3.18. The van der Waals surface area contributed by atoms with Gasteiger partial charge in [0.25, 0.3) is 5.91 Å². The molecule has 0 radical (unpaired) electrons. The van der Waals surface area contributed by atoms with E-state index in [1.54, 1.807) is 6.08 Å². The molecule has 28 heavy (non-hydrogen) atoms. The van der Waals surface area contributed by atoms with Crippen LogP contribution in [0.15, 0.2) is 41.5 Å². The summed E-state index contributed by atoms with van der Waals surface area (Å²) in [6.07, 6.45) is 8.40. The van der Waals surface area contributed by atoms with Gasteiger partial charge in [-0.15, -0.1) is 11.3 Å². The number of nitrogens with one attached hydrogen (secondary N) is 2. The first-order valence-corrected chi connectivity index (χ1v) is 10.4. The van der Waals surface area contributed by atoms with E-state index >= 15 is 0 Å². The first-order valence-electron chi connectivity index (χ1n) is 9.54. The number of hydrazone groups is 1. The van der Waals surface area contributed by atoms with Crippen molar-refractivity contribution in [3.63, 3.8) is 0 Å². The summed E-state index contributed by atoms with van der Waals surface area (Å²) in [4.78, 5) is 26.4. The van der Waals surface area contributed by atoms with Crippen molar-refractivity contribution in [2.24, 2.45) is 5.10 Å². The molecule has 2 amide bonds. The maximum atomic E-state index is 12.8. The second-order valence-corrected chi connectivity index (χ2v) is 8.11. The Kier molecular flexibility index (Phi) is 6.76. The molecule has 1 heterocycles. The standard InChI is InChI=1S/C22H25N3O2S/c1-15(2)24-25-21(27)20-17-11-7-4-8-12-18(17)28-22(20)23-19(26)14-13-16-9-5-3-6-10-16/h3,5-6,9-10,13-14H,4,7-8,11-12H2,1-2H3,(H,23,26)(H,25,27)/b14-13+. The minimum Gasteiger partial charge on any atom is -0.313 e. The largest absolute Gasteiger partial charge is 0.313 e. The van der Waals surface area contributed by atoms with Gasteiger partial charge in [0.1, 0.15) is 5.00 Å². The third kappa shape index (κ3) is 5.16. The van der Waals surface area contributed by atoms with E-state index in [9.17, 15) is 9.59 Å². The molecule has 2 aromatic rings. The monoisotopic (exact) mass is 395 g/mol. The number of nitrogens with zero attached hydrogens (tertiary/aromatic N) is 1. The molecule has 6 heteroatoms. The maximum absolute atomic E-state index is 12.8. The van der Waals surface area contributed by atoms with Crippen LogP contribution in [0.2, 0.25) is 0 Å². The van der Waals surface area contributed by atoms with Gasteiger partial charge >= 0.3 is 0 Å². The maximum Gasteiger partial charge on any atom is 0.274 e. The van der Waals surface area contributed by atoms with Crippen LogP contribution in [0.25, 0.3) is 6.08 Å². The van der Waals surface area contributed by atoms with E-state index in [2.05, 4.69) is 15.8 Å². The topological polar surface area (TPSA) is 70.6 Å². The SMILES string of the molecule is CC(C)=NNC(=O)c1c(NC(=O)/C=C/c2ccccc2)sc2c1CCCCC2. The molecule has 0 saturated heterocycles. The summed E-state index contributed by atoms with van der Waals surface area (Å²) in [7, 11) is 0. The van der Waals surface area contributed by atoms with E-state index in [4.69, 9.17) is 0 Å². The molecule has 1 aromatic carbocycles. The van der Waals surface area contributed by atoms with Crippen molar-refractivity contribution in [2.75, 3.05) is 5.32 Å². The van der Waals surface area contributed by atoms with Crippen molar-refractivity contribution >= 4 is 39.9 Å². The van der Waals surface area contributed by atoms with Crippen LogP contribution in [0.1, 0.15) is 59.5 Å². The number of hydrogen-bond acceptors (Lipinski definition) is 4. The molecule has 1 aromatic heterocycles. The lowest BCUT2D eigenvalue weighted by molar-refractivity contribution is -0.111. The fraction of sp³-hybridized carbons (Fsp3) is 0.318. The molecule has 0 saturated carbocycles. The summed E-state index contributed by atoms with van der Waals surface area (Å²) in [5, 5.41) is 7.56. The second-order valence-electron chi connectivity index (χ2n) is 7.00. The molecule has 0 fully saturated rings. The van der Waals surface area contributed by atoms with Crippen molar-refractivity contribution in [1.29, 1.82) is 0 Å². The number of thiophene rings is 1. The van der Waals surface area contributed by atoms with Gasteiger partial charge < -0.3 is 5.32 Å². The Hall–Kier alpha value is -2.73. The Morgan fingerprint density at radius 3 is 2.57 bits per heavy atom. The normalized spacial score (nSPS) is 13.5. The average Bonchev–Trinajstić information content (AvgIpc) is 2.85. The third-order valence-corrected chi connectivity index (χ3v) is 5.70. The fourth-order valence-corrected chi connectivity index (χ4v) is 4.47. The van der Waals surface area contributed by atoms with E-state index in [1.807, 2.05) is 44.2 Å². The zero-order valence-electron chi connectivity index (χ0n) is 16.2. The van der Waals surface area contributed by atoms with Gasteiger partial charge in [-0.1, -0.05) is 36.8 Å². The van der Waals surface area contributed by atoms with Gasteiger partial charge in [-0.05, 0) is 56.7 Å². The minimum absolute atomic E-state index is 0.246. The molecule has 5 nitrogen and oxygen atoms in total. The number of carbonyl (C=O) groups excluding carboxylic acids is 2. The lowest BCUT2D eigenvalue weighted by Gasteiger charge is -2.07. The molecular formula is C22H25N3O2S. The molecule has 146 valence electrons. The van der Waals surface area contributed by atoms with Crippen molar-refractivity contribution in [3.05, 3.63) is 58.0 Å². The van der Waals surface area contributed by atoms with Crippen LogP contribution >= 0.6 is 11.3 Å². The molecule has 2 N–H and O–H groups in total. The van der Waals surface area contributed by atoms with Crippen LogP contribution in [-0.4, -0.2) is 17.5 Å². The number of anilines is 1. The Labute approximate surface area is 169 Å². The average molecular weight is 396 g/mol. The van der Waals surface area contributed by atoms with Crippen LogP contribution in [0, 0.1) is 0 Å². The van der Waals surface area contributed by atoms with Gasteiger partial charge in [-0.3, -0.25) is 9.59 Å². The number of rotatable bonds is 5. The van der Waals surface area contributed by atoms with Gasteiger partial charge in [-0.2, -0.15) is 5.10 Å². The summed E-state index contributed by atoms with van der Waals surface area (Å²) in [5.41, 5.74) is 5.96. The molecule has 1 aliphatic carbocycles. The Bertz CT molecular complexity index is 909. The van der Waals surface area contributed by atoms with Crippen LogP contribution < -0.4 is 10.7 Å². The van der Waals surface area contributed by atoms with Gasteiger partial charge in [0.15, 0.2) is 0 Å². The van der Waals surface area contributed by atoms with Crippen molar-refractivity contribution in [1.82, 2.24) is 5.43 Å². The predicted octanol–water partition coefficient (Wildman–Crippen LogP) is 4.79. The lowest BCUT2D eigenvalue weighted by atomic mass is 10.1. The highest BCUT2D eigenvalue weighted by molar-refractivity contribution is 7.17. The van der Waals surface area contributed by atoms with E-state index < -0.39 is 0 Å². The summed E-state index contributed by atoms with van der Waals surface area (Å²) in [6.45, 7) is 3.65. The number of benzene rings is 1. The zero-order valence-corrected chi connectivity index (χ0v) is 17.1. The molecule has 1 aliphatic rings. The molecule has 0 spiro atoms. The molecule has 0 bridgehead atoms. The van der Waals surface area contributed by atoms with E-state index in [1.165, 1.54) is 22.3 Å². The number of fused-ring (bicyclic) bond motifs is 1. The number of aryl methyl sites for hydroxylation is 1. The highest BCUT2D eigenvalue weighted by Gasteiger charge is 2.25. The Morgan fingerprint density at radius 1 is 1.07 bits per heavy atom. The second kappa shape index (κ2) is 9.46. The summed E-state index contributed by atoms with van der Waals surface area (Å²) >= 11 is 1.51. The number of amides is 2. The Balaban J connectivity index is 1.85. The smallest absolute Gasteiger partial charge is 0.274 e. The Morgan fingerprint density at radius 2 is 1.82 bits per heavy atom. The molecule has 0 atom stereocenters. The van der Waals surface area contributed by atoms with Crippen molar-refractivity contribution in [3.8, 4) is 0 Å². The summed E-state index contributed by atoms with van der Waals surface area (Å²) in [5.74, 6) is -0.507. The molecular weight excluding hydrogens is 370 g/mol. The molecule has 3 rings (SSSR count). The zero-order chi connectivity index (χ0) is 19.9. The number of hydrogen-bond donors (Lipinski definition) is 2. The van der Waals surface area contributed by atoms with E-state index in [0.717, 1.165) is 48.9 Å². The summed E-state index contributed by atoms with van der Waals surface area (Å²) < 4.78 is 0. The van der Waals surface area contributed by atoms with E-state index in [0.29, 0.717) is 10.6 Å². The highest BCUT2D eigenvalue weighted by Crippen LogP contribution is 2.37. The van der Waals surface area contributed by atoms with Crippen molar-refractivity contribution < 1.29 is 9.59 Å². The first kappa shape index (κ1) is 20.0. The first-order chi connectivity index (χ1) is 13.5. The van der Waals surface area contributed by atoms with Crippen LogP contribution in [0.4, 0.5) is 5.00 Å². The van der Waals surface area contributed by atoms with Crippen LogP contribution in [0.3, 0.4) is 0 Å². The lowest BCUT2D eigenvalue weighted by Crippen LogP contribution is -2.21. The molecule has 0 unspecified atom stereocenters. The predicted molar refractivity (Wildman–Crippen MR) is 116 cm³/mol. The van der Waals surface area contributed by atoms with Gasteiger partial charge in [0.05, 0.1) is 5.56 Å². The third-order valence-electron chi connectivity index (χ3n) is 4.49. The number of carbonyl (C=O) groups is 2. The quantitative estimate of drug-likeness (QED) is 0.331. The van der Waals surface area contributed by atoms with Crippen molar-refractivity contribution in [2.45, 2.75) is 46.0 Å². The van der Waals surface area contributed by atoms with E-state index in [-0.39, 0.29) is 11.8 Å². The van der Waals surface area contributed by atoms with Crippen LogP contribution in [-0.2, 0) is 17.6 Å². The van der Waals surface area contributed by atoms with Gasteiger partial charge in [0.2, 0.25) is 5.91 Å². The van der Waals surface area contributed by atoms with Gasteiger partial charge in [-0.25, -0.2) is 5.43 Å². The van der Waals surface area contributed by atoms with Crippen LogP contribution in [0.5, 0.6) is 0 Å². The van der Waals surface area contributed by atoms with Gasteiger partial charge in [0, 0.05) is 16.7 Å². The highest BCUT2D eigenvalue weighted by atomic mass is 32.1. The molecule has 0 aliphatic heterocycles. The minimum atomic E-state index is -0.261. The summed E-state index contributed by atoms with van der Waals surface area (Å²) in [6, 6.07) is 9.64.